The van der Waals surface area contributed by atoms with Crippen molar-refractivity contribution in [1.82, 2.24) is 5.43 Å². The average molecular weight is 329 g/mol. The molecular weight excluding hydrogens is 310 g/mol. The van der Waals surface area contributed by atoms with E-state index >= 15 is 0 Å². The van der Waals surface area contributed by atoms with Gasteiger partial charge in [0.1, 0.15) is 0 Å². The van der Waals surface area contributed by atoms with Crippen LogP contribution >= 0.6 is 12.2 Å². The molecule has 120 valence electrons. The average Bonchev–Trinajstić information content (AvgIpc) is 2.53. The molecule has 0 aliphatic heterocycles. The molecule has 0 radical (unpaired) electrons. The zero-order valence-corrected chi connectivity index (χ0v) is 14.1. The first-order chi connectivity index (χ1) is 11.0. The molecule has 6 heteroatoms. The van der Waals surface area contributed by atoms with Gasteiger partial charge in [-0.05, 0) is 55.4 Å². The van der Waals surface area contributed by atoms with Crippen LogP contribution in [-0.2, 0) is 0 Å². The number of nitrogens with zero attached hydrogens (tertiary/aromatic N) is 1. The van der Waals surface area contributed by atoms with Gasteiger partial charge in [0, 0.05) is 11.3 Å². The predicted octanol–water partition coefficient (Wildman–Crippen LogP) is 3.34. The van der Waals surface area contributed by atoms with Gasteiger partial charge in [0.05, 0.1) is 13.3 Å². The minimum absolute atomic E-state index is 0.0361. The Balaban J connectivity index is 2.00. The van der Waals surface area contributed by atoms with Crippen molar-refractivity contribution in [2.45, 2.75) is 13.8 Å². The molecule has 0 aliphatic rings. The smallest absolute Gasteiger partial charge is 0.191 e. The summed E-state index contributed by atoms with van der Waals surface area (Å²) in [5, 5.41) is 17.5. The highest BCUT2D eigenvalue weighted by Crippen LogP contribution is 2.27. The Morgan fingerprint density at radius 2 is 1.96 bits per heavy atom. The molecule has 0 amide bonds. The monoisotopic (exact) mass is 329 g/mol. The number of phenolic OH excluding ortho intramolecular Hbond substituents is 1. The SMILES string of the molecule is COc1cccc(/C=N/NC(=S)Nc2cccc(C)c2C)c1O. The lowest BCUT2D eigenvalue weighted by molar-refractivity contribution is 0.373. The Bertz CT molecular complexity index is 745. The van der Waals surface area contributed by atoms with E-state index in [-0.39, 0.29) is 5.75 Å². The molecule has 0 saturated heterocycles. The number of aryl methyl sites for hydroxylation is 1. The number of hydrogen-bond acceptors (Lipinski definition) is 4. The second kappa shape index (κ2) is 7.60. The van der Waals surface area contributed by atoms with Crippen molar-refractivity contribution < 1.29 is 9.84 Å². The van der Waals surface area contributed by atoms with Gasteiger partial charge in [0.25, 0.3) is 0 Å². The number of nitrogens with one attached hydrogen (secondary N) is 2. The number of hydrazone groups is 1. The molecule has 0 spiro atoms. The minimum atomic E-state index is 0.0361. The fourth-order valence-corrected chi connectivity index (χ4v) is 2.17. The fourth-order valence-electron chi connectivity index (χ4n) is 2.01. The van der Waals surface area contributed by atoms with E-state index in [1.807, 2.05) is 32.0 Å². The summed E-state index contributed by atoms with van der Waals surface area (Å²) in [5.74, 6) is 0.430. The Morgan fingerprint density at radius 3 is 2.70 bits per heavy atom. The highest BCUT2D eigenvalue weighted by Gasteiger charge is 2.05. The number of anilines is 1. The van der Waals surface area contributed by atoms with Crippen molar-refractivity contribution in [1.29, 1.82) is 0 Å². The van der Waals surface area contributed by atoms with E-state index in [2.05, 4.69) is 15.8 Å². The van der Waals surface area contributed by atoms with E-state index in [0.717, 1.165) is 11.3 Å². The van der Waals surface area contributed by atoms with E-state index in [1.54, 1.807) is 18.2 Å². The van der Waals surface area contributed by atoms with Gasteiger partial charge in [-0.15, -0.1) is 0 Å². The number of aromatic hydroxyl groups is 1. The third-order valence-electron chi connectivity index (χ3n) is 3.47. The van der Waals surface area contributed by atoms with Crippen molar-refractivity contribution in [2.24, 2.45) is 5.10 Å². The minimum Gasteiger partial charge on any atom is -0.504 e. The van der Waals surface area contributed by atoms with Gasteiger partial charge >= 0.3 is 0 Å². The lowest BCUT2D eigenvalue weighted by Gasteiger charge is -2.11. The quantitative estimate of drug-likeness (QED) is 0.456. The molecule has 0 aromatic heterocycles. The van der Waals surface area contributed by atoms with Crippen molar-refractivity contribution >= 4 is 29.2 Å². The van der Waals surface area contributed by atoms with Gasteiger partial charge in [-0.2, -0.15) is 5.10 Å². The third-order valence-corrected chi connectivity index (χ3v) is 3.67. The van der Waals surface area contributed by atoms with Gasteiger partial charge in [-0.1, -0.05) is 18.2 Å². The van der Waals surface area contributed by atoms with Gasteiger partial charge in [0.2, 0.25) is 0 Å². The number of rotatable bonds is 4. The largest absolute Gasteiger partial charge is 0.504 e. The predicted molar refractivity (Wildman–Crippen MR) is 97.5 cm³/mol. The number of benzene rings is 2. The van der Waals surface area contributed by atoms with E-state index in [4.69, 9.17) is 17.0 Å². The number of methoxy groups -OCH3 is 1. The molecule has 0 saturated carbocycles. The first-order valence-corrected chi connectivity index (χ1v) is 7.46. The van der Waals surface area contributed by atoms with Crippen LogP contribution in [0.3, 0.4) is 0 Å². The highest BCUT2D eigenvalue weighted by atomic mass is 32.1. The molecule has 2 aromatic carbocycles. The molecule has 0 atom stereocenters. The number of phenols is 1. The van der Waals surface area contributed by atoms with Crippen molar-refractivity contribution in [3.05, 3.63) is 53.1 Å². The van der Waals surface area contributed by atoms with Gasteiger partial charge in [-0.3, -0.25) is 5.43 Å². The summed E-state index contributed by atoms with van der Waals surface area (Å²) in [6.45, 7) is 4.07. The molecule has 0 bridgehead atoms. The first kappa shape index (κ1) is 16.8. The molecule has 0 fully saturated rings. The van der Waals surface area contributed by atoms with E-state index < -0.39 is 0 Å². The maximum atomic E-state index is 9.96. The van der Waals surface area contributed by atoms with Crippen LogP contribution in [0.15, 0.2) is 41.5 Å². The summed E-state index contributed by atoms with van der Waals surface area (Å²) in [5.41, 5.74) is 6.51. The summed E-state index contributed by atoms with van der Waals surface area (Å²) < 4.78 is 5.05. The van der Waals surface area contributed by atoms with Crippen LogP contribution in [0.5, 0.6) is 11.5 Å². The van der Waals surface area contributed by atoms with Crippen LogP contribution in [0, 0.1) is 13.8 Å². The second-order valence-electron chi connectivity index (χ2n) is 4.97. The Morgan fingerprint density at radius 1 is 1.22 bits per heavy atom. The summed E-state index contributed by atoms with van der Waals surface area (Å²) >= 11 is 5.21. The summed E-state index contributed by atoms with van der Waals surface area (Å²) in [6, 6.07) is 11.1. The maximum Gasteiger partial charge on any atom is 0.191 e. The highest BCUT2D eigenvalue weighted by molar-refractivity contribution is 7.80. The van der Waals surface area contributed by atoms with Gasteiger partial charge < -0.3 is 15.2 Å². The van der Waals surface area contributed by atoms with E-state index in [1.165, 1.54) is 18.9 Å². The number of hydrogen-bond donors (Lipinski definition) is 3. The Kier molecular flexibility index (Phi) is 5.54. The van der Waals surface area contributed by atoms with E-state index in [9.17, 15) is 5.11 Å². The number of ether oxygens (including phenoxy) is 1. The van der Waals surface area contributed by atoms with Crippen molar-refractivity contribution in [2.75, 3.05) is 12.4 Å². The van der Waals surface area contributed by atoms with E-state index in [0.29, 0.717) is 16.4 Å². The zero-order chi connectivity index (χ0) is 16.8. The fraction of sp³-hybridized carbons (Fsp3) is 0.176. The molecule has 0 unspecified atom stereocenters. The van der Waals surface area contributed by atoms with Gasteiger partial charge in [0.15, 0.2) is 16.6 Å². The maximum absolute atomic E-state index is 9.96. The van der Waals surface area contributed by atoms with Crippen LogP contribution < -0.4 is 15.5 Å². The standard InChI is InChI=1S/C17H19N3O2S/c1-11-6-4-8-14(12(11)2)19-17(23)20-18-10-13-7-5-9-15(22-3)16(13)21/h4-10,21H,1-3H3,(H2,19,20,23)/b18-10+. The Labute approximate surface area is 141 Å². The molecule has 23 heavy (non-hydrogen) atoms. The Hall–Kier alpha value is -2.60. The second-order valence-corrected chi connectivity index (χ2v) is 5.38. The summed E-state index contributed by atoms with van der Waals surface area (Å²) in [4.78, 5) is 0. The normalized spacial score (nSPS) is 10.6. The van der Waals surface area contributed by atoms with Crippen LogP contribution in [0.2, 0.25) is 0 Å². The van der Waals surface area contributed by atoms with Crippen LogP contribution in [-0.4, -0.2) is 23.5 Å². The van der Waals surface area contributed by atoms with Crippen LogP contribution in [0.4, 0.5) is 5.69 Å². The summed E-state index contributed by atoms with van der Waals surface area (Å²) in [6.07, 6.45) is 1.48. The lowest BCUT2D eigenvalue weighted by Crippen LogP contribution is -2.24. The summed E-state index contributed by atoms with van der Waals surface area (Å²) in [7, 11) is 1.50. The number of para-hydroxylation sites is 1. The molecule has 2 rings (SSSR count). The molecular formula is C17H19N3O2S. The third kappa shape index (κ3) is 4.20. The molecule has 0 heterocycles. The van der Waals surface area contributed by atoms with Gasteiger partial charge in [-0.25, -0.2) is 0 Å². The van der Waals surface area contributed by atoms with Crippen LogP contribution in [0.25, 0.3) is 0 Å². The molecule has 5 nitrogen and oxygen atoms in total. The van der Waals surface area contributed by atoms with Crippen LogP contribution in [0.1, 0.15) is 16.7 Å². The topological polar surface area (TPSA) is 65.9 Å². The van der Waals surface area contributed by atoms with Crippen molar-refractivity contribution in [3.63, 3.8) is 0 Å². The van der Waals surface area contributed by atoms with Crippen molar-refractivity contribution in [3.8, 4) is 11.5 Å². The molecule has 2 aromatic rings. The lowest BCUT2D eigenvalue weighted by atomic mass is 10.1. The molecule has 3 N–H and O–H groups in total. The number of thiocarbonyl (C=S) groups is 1. The zero-order valence-electron chi connectivity index (χ0n) is 13.3. The first-order valence-electron chi connectivity index (χ1n) is 7.05. The molecule has 0 aliphatic carbocycles.